The van der Waals surface area contributed by atoms with Crippen LogP contribution in [0, 0.1) is 0 Å². The van der Waals surface area contributed by atoms with Crippen molar-refractivity contribution in [3.8, 4) is 0 Å². The molecule has 0 amide bonds. The maximum absolute atomic E-state index is 9.53. The first kappa shape index (κ1) is 13.3. The molecule has 1 aromatic rings. The molecule has 2 bridgehead atoms. The summed E-state index contributed by atoms with van der Waals surface area (Å²) in [7, 11) is 2.24. The Morgan fingerprint density at radius 3 is 2.95 bits per heavy atom. The molecular formula is C14H20BrN3O. The van der Waals surface area contributed by atoms with Gasteiger partial charge in [-0.3, -0.25) is 4.90 Å². The lowest BCUT2D eigenvalue weighted by Crippen LogP contribution is -2.37. The Labute approximate surface area is 122 Å². The number of hydrogen-bond donors (Lipinski definition) is 1. The Balaban J connectivity index is 1.86. The highest BCUT2D eigenvalue weighted by molar-refractivity contribution is 9.10. The Bertz CT molecular complexity index is 468. The minimum absolute atomic E-state index is 0.0439. The zero-order valence-corrected chi connectivity index (χ0v) is 12.8. The lowest BCUT2D eigenvalue weighted by Gasteiger charge is -2.28. The van der Waals surface area contributed by atoms with Crippen molar-refractivity contribution in [1.82, 2.24) is 9.88 Å². The summed E-state index contributed by atoms with van der Waals surface area (Å²) in [6.45, 7) is 2.10. The lowest BCUT2D eigenvalue weighted by atomic mass is 10.1. The molecule has 3 heterocycles. The van der Waals surface area contributed by atoms with Gasteiger partial charge in [0.2, 0.25) is 0 Å². The Morgan fingerprint density at radius 2 is 2.16 bits per heavy atom. The van der Waals surface area contributed by atoms with E-state index in [-0.39, 0.29) is 6.61 Å². The van der Waals surface area contributed by atoms with Crippen LogP contribution in [0.25, 0.3) is 0 Å². The van der Waals surface area contributed by atoms with E-state index in [4.69, 9.17) is 0 Å². The van der Waals surface area contributed by atoms with Crippen molar-refractivity contribution in [2.24, 2.45) is 0 Å². The van der Waals surface area contributed by atoms with E-state index in [1.54, 1.807) is 0 Å². The maximum atomic E-state index is 9.53. The minimum atomic E-state index is 0.0439. The number of halogens is 1. The fourth-order valence-corrected chi connectivity index (χ4v) is 3.75. The Hall–Kier alpha value is -0.650. The van der Waals surface area contributed by atoms with Crippen LogP contribution in [-0.4, -0.2) is 47.2 Å². The average molecular weight is 326 g/mol. The molecule has 104 valence electrons. The zero-order valence-electron chi connectivity index (χ0n) is 11.2. The van der Waals surface area contributed by atoms with Crippen molar-refractivity contribution in [2.75, 3.05) is 25.0 Å². The molecule has 2 aliphatic rings. The van der Waals surface area contributed by atoms with Crippen molar-refractivity contribution >= 4 is 21.7 Å². The monoisotopic (exact) mass is 325 g/mol. The zero-order chi connectivity index (χ0) is 13.4. The molecule has 0 saturated carbocycles. The molecule has 1 N–H and O–H groups in total. The predicted octanol–water partition coefficient (Wildman–Crippen LogP) is 2.01. The number of aliphatic hydroxyl groups excluding tert-OH is 1. The number of anilines is 1. The fraction of sp³-hybridized carbons (Fsp3) is 0.643. The fourth-order valence-electron chi connectivity index (χ4n) is 3.38. The maximum Gasteiger partial charge on any atom is 0.134 e. The highest BCUT2D eigenvalue weighted by Gasteiger charge is 2.35. The van der Waals surface area contributed by atoms with Gasteiger partial charge in [-0.2, -0.15) is 0 Å². The summed E-state index contributed by atoms with van der Waals surface area (Å²) in [5, 5.41) is 9.53. The standard InChI is InChI=1S/C14H20BrN3O/c1-17-12-2-3-13(17)8-18(5-4-12)14-10(9-19)6-11(15)7-16-14/h6-7,12-13,19H,2-5,8-9H2,1H3. The van der Waals surface area contributed by atoms with E-state index in [0.29, 0.717) is 6.04 Å². The van der Waals surface area contributed by atoms with Crippen LogP contribution in [0.5, 0.6) is 0 Å². The number of likely N-dealkylation sites (N-methyl/N-ethyl adjacent to an activating group) is 1. The quantitative estimate of drug-likeness (QED) is 0.902. The first-order valence-corrected chi connectivity index (χ1v) is 7.70. The van der Waals surface area contributed by atoms with Gasteiger partial charge in [-0.05, 0) is 48.3 Å². The van der Waals surface area contributed by atoms with E-state index >= 15 is 0 Å². The van der Waals surface area contributed by atoms with Gasteiger partial charge < -0.3 is 10.0 Å². The van der Waals surface area contributed by atoms with Crippen molar-refractivity contribution in [1.29, 1.82) is 0 Å². The van der Waals surface area contributed by atoms with Crippen LogP contribution in [0.15, 0.2) is 16.7 Å². The Kier molecular flexibility index (Phi) is 3.78. The van der Waals surface area contributed by atoms with Crippen LogP contribution in [0.2, 0.25) is 0 Å². The van der Waals surface area contributed by atoms with Gasteiger partial charge in [0.1, 0.15) is 5.82 Å². The first-order valence-electron chi connectivity index (χ1n) is 6.91. The molecule has 3 rings (SSSR count). The van der Waals surface area contributed by atoms with Gasteiger partial charge in [-0.25, -0.2) is 4.98 Å². The number of hydrogen-bond acceptors (Lipinski definition) is 4. The highest BCUT2D eigenvalue weighted by Crippen LogP contribution is 2.31. The topological polar surface area (TPSA) is 39.6 Å². The molecule has 0 spiro atoms. The summed E-state index contributed by atoms with van der Waals surface area (Å²) in [6.07, 6.45) is 5.62. The summed E-state index contributed by atoms with van der Waals surface area (Å²) >= 11 is 3.42. The molecule has 0 radical (unpaired) electrons. The molecule has 2 atom stereocenters. The van der Waals surface area contributed by atoms with Crippen LogP contribution in [0.3, 0.4) is 0 Å². The van der Waals surface area contributed by atoms with Gasteiger partial charge in [0.05, 0.1) is 6.61 Å². The van der Waals surface area contributed by atoms with Gasteiger partial charge >= 0.3 is 0 Å². The van der Waals surface area contributed by atoms with Crippen LogP contribution in [-0.2, 0) is 6.61 Å². The summed E-state index contributed by atoms with van der Waals surface area (Å²) < 4.78 is 0.925. The molecule has 1 aromatic heterocycles. The van der Waals surface area contributed by atoms with Crippen LogP contribution >= 0.6 is 15.9 Å². The molecule has 2 aliphatic heterocycles. The van der Waals surface area contributed by atoms with E-state index in [1.807, 2.05) is 12.3 Å². The molecule has 2 unspecified atom stereocenters. The van der Waals surface area contributed by atoms with E-state index < -0.39 is 0 Å². The van der Waals surface area contributed by atoms with Crippen LogP contribution in [0.1, 0.15) is 24.8 Å². The first-order chi connectivity index (χ1) is 9.19. The molecule has 19 heavy (non-hydrogen) atoms. The molecular weight excluding hydrogens is 306 g/mol. The smallest absolute Gasteiger partial charge is 0.134 e. The van der Waals surface area contributed by atoms with Crippen molar-refractivity contribution in [2.45, 2.75) is 38.0 Å². The van der Waals surface area contributed by atoms with E-state index in [1.165, 1.54) is 19.3 Å². The molecule has 2 saturated heterocycles. The highest BCUT2D eigenvalue weighted by atomic mass is 79.9. The lowest BCUT2D eigenvalue weighted by molar-refractivity contribution is 0.254. The van der Waals surface area contributed by atoms with Crippen molar-refractivity contribution in [3.05, 3.63) is 22.3 Å². The van der Waals surface area contributed by atoms with Gasteiger partial charge in [-0.1, -0.05) is 0 Å². The number of nitrogens with zero attached hydrogens (tertiary/aromatic N) is 3. The largest absolute Gasteiger partial charge is 0.392 e. The number of aliphatic hydroxyl groups is 1. The second-order valence-electron chi connectivity index (χ2n) is 5.58. The molecule has 2 fully saturated rings. The third-order valence-electron chi connectivity index (χ3n) is 4.53. The summed E-state index contributed by atoms with van der Waals surface area (Å²) in [4.78, 5) is 9.39. The van der Waals surface area contributed by atoms with E-state index in [9.17, 15) is 5.11 Å². The molecule has 0 aliphatic carbocycles. The van der Waals surface area contributed by atoms with Crippen LogP contribution < -0.4 is 4.90 Å². The van der Waals surface area contributed by atoms with Crippen molar-refractivity contribution < 1.29 is 5.11 Å². The van der Waals surface area contributed by atoms with E-state index in [2.05, 4.69) is 37.8 Å². The summed E-state index contributed by atoms with van der Waals surface area (Å²) in [5.74, 6) is 0.951. The Morgan fingerprint density at radius 1 is 1.37 bits per heavy atom. The third-order valence-corrected chi connectivity index (χ3v) is 4.96. The number of pyridine rings is 1. The second kappa shape index (κ2) is 5.38. The summed E-state index contributed by atoms with van der Waals surface area (Å²) in [6, 6.07) is 3.32. The van der Waals surface area contributed by atoms with Gasteiger partial charge in [0, 0.05) is 41.4 Å². The number of rotatable bonds is 2. The van der Waals surface area contributed by atoms with Gasteiger partial charge in [-0.15, -0.1) is 0 Å². The normalized spacial score (nSPS) is 27.6. The number of fused-ring (bicyclic) bond motifs is 2. The summed E-state index contributed by atoms with van der Waals surface area (Å²) in [5.41, 5.74) is 0.912. The predicted molar refractivity (Wildman–Crippen MR) is 79.3 cm³/mol. The van der Waals surface area contributed by atoms with Crippen molar-refractivity contribution in [3.63, 3.8) is 0 Å². The number of aromatic nitrogens is 1. The SMILES string of the molecule is CN1C2CCC1CN(c1ncc(Br)cc1CO)CC2. The molecule has 4 nitrogen and oxygen atoms in total. The van der Waals surface area contributed by atoms with Crippen LogP contribution in [0.4, 0.5) is 5.82 Å². The van der Waals surface area contributed by atoms with Gasteiger partial charge in [0.25, 0.3) is 0 Å². The van der Waals surface area contributed by atoms with Gasteiger partial charge in [0.15, 0.2) is 0 Å². The second-order valence-corrected chi connectivity index (χ2v) is 6.50. The molecule has 5 heteroatoms. The van der Waals surface area contributed by atoms with E-state index in [0.717, 1.165) is 35.0 Å². The minimum Gasteiger partial charge on any atom is -0.392 e. The molecule has 0 aromatic carbocycles. The third kappa shape index (κ3) is 2.51. The average Bonchev–Trinajstić information content (AvgIpc) is 2.64.